The van der Waals surface area contributed by atoms with Crippen LogP contribution in [0, 0.1) is 0 Å². The van der Waals surface area contributed by atoms with Crippen molar-refractivity contribution in [3.63, 3.8) is 0 Å². The van der Waals surface area contributed by atoms with Gasteiger partial charge in [0, 0.05) is 0 Å². The highest BCUT2D eigenvalue weighted by molar-refractivity contribution is 5.83. The molecule has 4 nitrogen and oxygen atoms in total. The Morgan fingerprint density at radius 3 is 2.35 bits per heavy atom. The van der Waals surface area contributed by atoms with Crippen LogP contribution in [0.15, 0.2) is 48.8 Å². The van der Waals surface area contributed by atoms with Crippen LogP contribution in [-0.4, -0.2) is 20.6 Å². The molecule has 0 aliphatic rings. The minimum absolute atomic E-state index is 0.198. The van der Waals surface area contributed by atoms with Crippen molar-refractivity contribution in [3.05, 3.63) is 54.4 Å². The molecule has 1 N–H and O–H groups in total. The Morgan fingerprint density at radius 2 is 1.74 bits per heavy atom. The number of hydrogen-bond acceptors (Lipinski definition) is 2. The van der Waals surface area contributed by atoms with Crippen molar-refractivity contribution in [2.75, 3.05) is 0 Å². The summed E-state index contributed by atoms with van der Waals surface area (Å²) < 4.78 is 39.2. The summed E-state index contributed by atoms with van der Waals surface area (Å²) in [5.74, 6) is -0.976. The molecular formula is C16H11F3N2O2. The molecule has 0 spiro atoms. The second kappa shape index (κ2) is 5.42. The van der Waals surface area contributed by atoms with Crippen LogP contribution in [0.25, 0.3) is 22.2 Å². The number of rotatable bonds is 3. The Kier molecular flexibility index (Phi) is 3.55. The summed E-state index contributed by atoms with van der Waals surface area (Å²) in [4.78, 5) is 14.9. The fraction of sp³-hybridized carbons (Fsp3) is 0.125. The number of aromatic nitrogens is 2. The van der Waals surface area contributed by atoms with Crippen LogP contribution < -0.4 is 0 Å². The van der Waals surface area contributed by atoms with Gasteiger partial charge < -0.3 is 9.67 Å². The molecule has 0 saturated carbocycles. The number of aliphatic carboxylic acids is 1. The van der Waals surface area contributed by atoms with Gasteiger partial charge in [0.2, 0.25) is 0 Å². The molecule has 0 atom stereocenters. The first-order valence-electron chi connectivity index (χ1n) is 6.69. The van der Waals surface area contributed by atoms with Crippen molar-refractivity contribution in [1.82, 2.24) is 9.55 Å². The lowest BCUT2D eigenvalue weighted by atomic mass is 10.0. The van der Waals surface area contributed by atoms with Gasteiger partial charge in [0.25, 0.3) is 0 Å². The number of alkyl halides is 3. The maximum Gasteiger partial charge on any atom is 0.416 e. The molecule has 0 bridgehead atoms. The van der Waals surface area contributed by atoms with Crippen LogP contribution in [0.5, 0.6) is 0 Å². The summed E-state index contributed by atoms with van der Waals surface area (Å²) in [5.41, 5.74) is 1.89. The predicted octanol–water partition coefficient (Wildman–Crippen LogP) is 3.81. The molecule has 118 valence electrons. The fourth-order valence-electron chi connectivity index (χ4n) is 2.37. The van der Waals surface area contributed by atoms with Crippen molar-refractivity contribution in [2.24, 2.45) is 0 Å². The highest BCUT2D eigenvalue weighted by Crippen LogP contribution is 2.31. The van der Waals surface area contributed by atoms with E-state index in [0.29, 0.717) is 22.2 Å². The number of hydrogen-bond donors (Lipinski definition) is 1. The minimum Gasteiger partial charge on any atom is -0.480 e. The molecule has 0 unspecified atom stereocenters. The van der Waals surface area contributed by atoms with E-state index in [-0.39, 0.29) is 6.54 Å². The zero-order valence-electron chi connectivity index (χ0n) is 11.7. The number of fused-ring (bicyclic) bond motifs is 1. The normalized spacial score (nSPS) is 11.8. The molecule has 0 fully saturated rings. The first-order valence-corrected chi connectivity index (χ1v) is 6.69. The van der Waals surface area contributed by atoms with Crippen molar-refractivity contribution in [2.45, 2.75) is 12.7 Å². The average Bonchev–Trinajstić information content (AvgIpc) is 2.88. The molecule has 1 aromatic heterocycles. The van der Waals surface area contributed by atoms with Gasteiger partial charge in [-0.25, -0.2) is 4.98 Å². The molecule has 7 heteroatoms. The van der Waals surface area contributed by atoms with Crippen LogP contribution in [0.4, 0.5) is 13.2 Å². The lowest BCUT2D eigenvalue weighted by molar-refractivity contribution is -0.138. The first-order chi connectivity index (χ1) is 10.8. The monoisotopic (exact) mass is 320 g/mol. The van der Waals surface area contributed by atoms with E-state index in [1.807, 2.05) is 0 Å². The van der Waals surface area contributed by atoms with Gasteiger partial charge in [0.15, 0.2) is 0 Å². The van der Waals surface area contributed by atoms with Gasteiger partial charge >= 0.3 is 12.1 Å². The number of carboxylic acids is 1. The minimum atomic E-state index is -4.36. The van der Waals surface area contributed by atoms with Gasteiger partial charge in [-0.2, -0.15) is 13.2 Å². The molecule has 0 aliphatic carbocycles. The summed E-state index contributed by atoms with van der Waals surface area (Å²) in [6.45, 7) is -0.198. The Labute approximate surface area is 128 Å². The second-order valence-electron chi connectivity index (χ2n) is 5.04. The molecule has 23 heavy (non-hydrogen) atoms. The van der Waals surface area contributed by atoms with E-state index in [1.165, 1.54) is 23.0 Å². The summed E-state index contributed by atoms with van der Waals surface area (Å²) in [7, 11) is 0. The van der Waals surface area contributed by atoms with E-state index < -0.39 is 17.7 Å². The maximum absolute atomic E-state index is 12.6. The summed E-state index contributed by atoms with van der Waals surface area (Å²) in [6, 6.07) is 10.0. The van der Waals surface area contributed by atoms with E-state index in [0.717, 1.165) is 12.1 Å². The van der Waals surface area contributed by atoms with Crippen LogP contribution >= 0.6 is 0 Å². The van der Waals surface area contributed by atoms with Gasteiger partial charge in [-0.1, -0.05) is 18.2 Å². The van der Waals surface area contributed by atoms with Gasteiger partial charge in [0.05, 0.1) is 22.9 Å². The quantitative estimate of drug-likeness (QED) is 0.798. The highest BCUT2D eigenvalue weighted by Gasteiger charge is 2.29. The van der Waals surface area contributed by atoms with Gasteiger partial charge in [-0.15, -0.1) is 0 Å². The summed E-state index contributed by atoms with van der Waals surface area (Å²) in [6.07, 6.45) is -2.94. The zero-order chi connectivity index (χ0) is 16.6. The van der Waals surface area contributed by atoms with Crippen molar-refractivity contribution in [3.8, 4) is 11.1 Å². The smallest absolute Gasteiger partial charge is 0.416 e. The molecule has 2 aromatic carbocycles. The molecule has 3 rings (SSSR count). The molecular weight excluding hydrogens is 309 g/mol. The Balaban J connectivity index is 1.96. The number of imidazole rings is 1. The molecule has 1 heterocycles. The topological polar surface area (TPSA) is 55.1 Å². The van der Waals surface area contributed by atoms with E-state index in [1.54, 1.807) is 18.2 Å². The Morgan fingerprint density at radius 1 is 1.09 bits per heavy atom. The largest absolute Gasteiger partial charge is 0.480 e. The molecule has 0 aliphatic heterocycles. The zero-order valence-corrected chi connectivity index (χ0v) is 11.7. The van der Waals surface area contributed by atoms with Gasteiger partial charge in [-0.05, 0) is 35.4 Å². The third kappa shape index (κ3) is 3.03. The Bertz CT molecular complexity index is 867. The number of benzene rings is 2. The average molecular weight is 320 g/mol. The van der Waals surface area contributed by atoms with Crippen molar-refractivity contribution >= 4 is 17.0 Å². The molecule has 0 saturated heterocycles. The van der Waals surface area contributed by atoms with Gasteiger partial charge in [0.1, 0.15) is 6.54 Å². The van der Waals surface area contributed by atoms with Crippen LogP contribution in [0.2, 0.25) is 0 Å². The standard InChI is InChI=1S/C16H11F3N2O2/c17-16(18,19)12-4-1-10(2-5-12)11-3-6-14-13(7-11)20-9-21(14)8-15(22)23/h1-7,9H,8H2,(H,22,23). The van der Waals surface area contributed by atoms with Gasteiger partial charge in [-0.3, -0.25) is 4.79 Å². The molecule has 0 radical (unpaired) electrons. The summed E-state index contributed by atoms with van der Waals surface area (Å²) in [5, 5.41) is 8.83. The van der Waals surface area contributed by atoms with Crippen molar-refractivity contribution in [1.29, 1.82) is 0 Å². The number of halogens is 3. The number of nitrogens with zero attached hydrogens (tertiary/aromatic N) is 2. The molecule has 3 aromatic rings. The van der Waals surface area contributed by atoms with Crippen LogP contribution in [0.1, 0.15) is 5.56 Å². The lowest BCUT2D eigenvalue weighted by Crippen LogP contribution is -2.07. The first kappa shape index (κ1) is 15.1. The second-order valence-corrected chi connectivity index (χ2v) is 5.04. The van der Waals surface area contributed by atoms with E-state index in [2.05, 4.69) is 4.98 Å². The third-order valence-corrected chi connectivity index (χ3v) is 3.47. The van der Waals surface area contributed by atoms with Crippen LogP contribution in [0.3, 0.4) is 0 Å². The van der Waals surface area contributed by atoms with E-state index in [4.69, 9.17) is 5.11 Å². The van der Waals surface area contributed by atoms with Crippen LogP contribution in [-0.2, 0) is 17.5 Å². The number of carboxylic acid groups (broad SMARTS) is 1. The molecule has 0 amide bonds. The van der Waals surface area contributed by atoms with Crippen molar-refractivity contribution < 1.29 is 23.1 Å². The lowest BCUT2D eigenvalue weighted by Gasteiger charge is -2.08. The fourth-order valence-corrected chi connectivity index (χ4v) is 2.37. The maximum atomic E-state index is 12.6. The van der Waals surface area contributed by atoms with E-state index >= 15 is 0 Å². The SMILES string of the molecule is O=C(O)Cn1cnc2cc(-c3ccc(C(F)(F)F)cc3)ccc21. The Hall–Kier alpha value is -2.83. The number of carbonyl (C=O) groups is 1. The predicted molar refractivity (Wildman–Crippen MR) is 77.8 cm³/mol. The van der Waals surface area contributed by atoms with E-state index in [9.17, 15) is 18.0 Å². The third-order valence-electron chi connectivity index (χ3n) is 3.47. The highest BCUT2D eigenvalue weighted by atomic mass is 19.4. The summed E-state index contributed by atoms with van der Waals surface area (Å²) >= 11 is 0.